The van der Waals surface area contributed by atoms with Crippen molar-refractivity contribution in [3.8, 4) is 11.5 Å². The van der Waals surface area contributed by atoms with Gasteiger partial charge in [-0.3, -0.25) is 4.79 Å². The lowest BCUT2D eigenvalue weighted by molar-refractivity contribution is 0.103. The van der Waals surface area contributed by atoms with Crippen LogP contribution in [0.1, 0.15) is 34.3 Å². The smallest absolute Gasteiger partial charge is 0.268 e. The maximum atomic E-state index is 12.9. The quantitative estimate of drug-likeness (QED) is 0.686. The number of aryl methyl sites for hydroxylation is 1. The molecule has 0 radical (unpaired) electrons. The summed E-state index contributed by atoms with van der Waals surface area (Å²) in [5, 5.41) is 3.76. The van der Waals surface area contributed by atoms with Crippen molar-refractivity contribution in [2.45, 2.75) is 26.2 Å². The zero-order valence-corrected chi connectivity index (χ0v) is 17.0. The number of anilines is 2. The minimum absolute atomic E-state index is 0.268. The summed E-state index contributed by atoms with van der Waals surface area (Å²) in [5.41, 5.74) is 9.77. The minimum atomic E-state index is -0.268. The highest BCUT2D eigenvalue weighted by molar-refractivity contribution is 7.21. The number of hydrogen-bond acceptors (Lipinski definition) is 6. The fraction of sp³-hybridized carbons (Fsp3) is 0.333. The van der Waals surface area contributed by atoms with Gasteiger partial charge in [-0.15, -0.1) is 11.3 Å². The second kappa shape index (κ2) is 7.31. The first kappa shape index (κ1) is 18.6. The fourth-order valence-electron chi connectivity index (χ4n) is 3.62. The third-order valence-electron chi connectivity index (χ3n) is 5.20. The van der Waals surface area contributed by atoms with Gasteiger partial charge >= 0.3 is 0 Å². The summed E-state index contributed by atoms with van der Waals surface area (Å²) >= 11 is 1.33. The van der Waals surface area contributed by atoms with Crippen LogP contribution in [0.3, 0.4) is 0 Å². The van der Waals surface area contributed by atoms with Gasteiger partial charge in [-0.25, -0.2) is 4.98 Å². The molecule has 4 rings (SSSR count). The third kappa shape index (κ3) is 3.26. The third-order valence-corrected chi connectivity index (χ3v) is 6.31. The molecule has 2 heterocycles. The molecule has 7 heteroatoms. The number of rotatable bonds is 4. The molecular weight excluding hydrogens is 374 g/mol. The molecular formula is C21H23N3O3S. The van der Waals surface area contributed by atoms with Crippen LogP contribution in [0.25, 0.3) is 10.2 Å². The lowest BCUT2D eigenvalue weighted by Crippen LogP contribution is -2.13. The summed E-state index contributed by atoms with van der Waals surface area (Å²) in [6, 6.07) is 7.35. The first-order valence-electron chi connectivity index (χ1n) is 9.24. The summed E-state index contributed by atoms with van der Waals surface area (Å²) < 4.78 is 10.6. The van der Waals surface area contributed by atoms with Gasteiger partial charge in [-0.05, 0) is 48.9 Å². The van der Waals surface area contributed by atoms with Crippen molar-refractivity contribution in [1.29, 1.82) is 0 Å². The summed E-state index contributed by atoms with van der Waals surface area (Å²) in [6.07, 6.45) is 3.14. The van der Waals surface area contributed by atoms with Crippen molar-refractivity contribution in [2.24, 2.45) is 5.92 Å². The van der Waals surface area contributed by atoms with Crippen molar-refractivity contribution >= 4 is 38.8 Å². The second-order valence-electron chi connectivity index (χ2n) is 7.16. The van der Waals surface area contributed by atoms with E-state index in [1.165, 1.54) is 16.9 Å². The van der Waals surface area contributed by atoms with Crippen molar-refractivity contribution in [3.05, 3.63) is 40.4 Å². The number of nitrogens with one attached hydrogen (secondary N) is 1. The number of carbonyl (C=O) groups is 1. The van der Waals surface area contributed by atoms with Gasteiger partial charge in [0.25, 0.3) is 5.91 Å². The summed E-state index contributed by atoms with van der Waals surface area (Å²) in [4.78, 5) is 19.0. The van der Waals surface area contributed by atoms with Gasteiger partial charge in [0.2, 0.25) is 0 Å². The number of aromatic nitrogens is 1. The molecule has 1 aliphatic rings. The Hall–Kier alpha value is -2.80. The molecule has 1 amide bonds. The molecule has 1 unspecified atom stereocenters. The Labute approximate surface area is 167 Å². The van der Waals surface area contributed by atoms with Gasteiger partial charge < -0.3 is 20.5 Å². The van der Waals surface area contributed by atoms with Crippen molar-refractivity contribution in [2.75, 3.05) is 25.3 Å². The molecule has 0 aliphatic heterocycles. The molecule has 0 spiro atoms. The van der Waals surface area contributed by atoms with E-state index in [1.807, 2.05) is 0 Å². The van der Waals surface area contributed by atoms with Crippen LogP contribution in [0.5, 0.6) is 11.5 Å². The Morgan fingerprint density at radius 3 is 2.86 bits per heavy atom. The lowest BCUT2D eigenvalue weighted by Gasteiger charge is -2.20. The highest BCUT2D eigenvalue weighted by atomic mass is 32.1. The van der Waals surface area contributed by atoms with Crippen molar-refractivity contribution in [3.63, 3.8) is 0 Å². The van der Waals surface area contributed by atoms with Gasteiger partial charge in [-0.2, -0.15) is 0 Å². The molecule has 1 aliphatic carbocycles. The number of thiophene rings is 1. The van der Waals surface area contributed by atoms with Gasteiger partial charge in [0.1, 0.15) is 21.2 Å². The molecule has 0 saturated carbocycles. The van der Waals surface area contributed by atoms with E-state index in [-0.39, 0.29) is 5.91 Å². The Bertz CT molecular complexity index is 1060. The molecule has 0 bridgehead atoms. The number of ether oxygens (including phenoxy) is 2. The minimum Gasteiger partial charge on any atom is -0.497 e. The van der Waals surface area contributed by atoms with E-state index in [4.69, 9.17) is 20.2 Å². The zero-order chi connectivity index (χ0) is 19.8. The standard InChI is InChI=1S/C21H23N3O3S/c1-11-4-6-15-12(8-11)9-14-18(22)19(28-21(14)24-15)20(25)23-16-7-5-13(26-2)10-17(16)27-3/h5,7,9-11H,4,6,8,22H2,1-3H3,(H,23,25). The van der Waals surface area contributed by atoms with E-state index in [9.17, 15) is 4.79 Å². The molecule has 28 heavy (non-hydrogen) atoms. The Morgan fingerprint density at radius 2 is 2.11 bits per heavy atom. The number of pyridine rings is 1. The molecule has 1 atom stereocenters. The van der Waals surface area contributed by atoms with Crippen LogP contribution in [-0.2, 0) is 12.8 Å². The van der Waals surface area contributed by atoms with Gasteiger partial charge in [-0.1, -0.05) is 6.92 Å². The van der Waals surface area contributed by atoms with E-state index in [0.717, 1.165) is 35.2 Å². The Kier molecular flexibility index (Phi) is 4.85. The van der Waals surface area contributed by atoms with Crippen LogP contribution in [0.15, 0.2) is 24.3 Å². The summed E-state index contributed by atoms with van der Waals surface area (Å²) in [7, 11) is 3.13. The predicted molar refractivity (Wildman–Crippen MR) is 113 cm³/mol. The fourth-order valence-corrected chi connectivity index (χ4v) is 4.61. The van der Waals surface area contributed by atoms with Crippen molar-refractivity contribution < 1.29 is 14.3 Å². The normalized spacial score (nSPS) is 15.9. The summed E-state index contributed by atoms with van der Waals surface area (Å²) in [5.74, 6) is 1.56. The van der Waals surface area contributed by atoms with Crippen molar-refractivity contribution in [1.82, 2.24) is 4.98 Å². The van der Waals surface area contributed by atoms with Crippen LogP contribution in [0.2, 0.25) is 0 Å². The zero-order valence-electron chi connectivity index (χ0n) is 16.2. The first-order valence-corrected chi connectivity index (χ1v) is 10.1. The van der Waals surface area contributed by atoms with E-state index in [0.29, 0.717) is 33.7 Å². The Morgan fingerprint density at radius 1 is 1.29 bits per heavy atom. The van der Waals surface area contributed by atoms with Crippen LogP contribution in [0.4, 0.5) is 11.4 Å². The number of nitrogens with two attached hydrogens (primary N) is 1. The summed E-state index contributed by atoms with van der Waals surface area (Å²) in [6.45, 7) is 2.26. The Balaban J connectivity index is 1.67. The predicted octanol–water partition coefficient (Wildman–Crippen LogP) is 4.27. The number of amides is 1. The number of benzene rings is 1. The molecule has 2 aromatic heterocycles. The van der Waals surface area contributed by atoms with Gasteiger partial charge in [0, 0.05) is 17.1 Å². The molecule has 6 nitrogen and oxygen atoms in total. The highest BCUT2D eigenvalue weighted by Crippen LogP contribution is 2.37. The van der Waals surface area contributed by atoms with E-state index in [1.54, 1.807) is 32.4 Å². The average molecular weight is 398 g/mol. The van der Waals surface area contributed by atoms with Gasteiger partial charge in [0.05, 0.1) is 25.6 Å². The van der Waals surface area contributed by atoms with Crippen LogP contribution in [0, 0.1) is 5.92 Å². The molecule has 0 saturated heterocycles. The second-order valence-corrected chi connectivity index (χ2v) is 8.16. The average Bonchev–Trinajstić information content (AvgIpc) is 3.02. The molecule has 0 fully saturated rings. The maximum absolute atomic E-state index is 12.9. The van der Waals surface area contributed by atoms with Crippen LogP contribution in [-0.4, -0.2) is 25.1 Å². The maximum Gasteiger partial charge on any atom is 0.268 e. The van der Waals surface area contributed by atoms with Crippen LogP contribution < -0.4 is 20.5 Å². The van der Waals surface area contributed by atoms with Gasteiger partial charge in [0.15, 0.2) is 0 Å². The number of nitrogen functional groups attached to an aromatic ring is 1. The van der Waals surface area contributed by atoms with E-state index >= 15 is 0 Å². The number of fused-ring (bicyclic) bond motifs is 2. The SMILES string of the molecule is COc1ccc(NC(=O)c2sc3nc4c(cc3c2N)CC(C)CC4)c(OC)c1. The monoisotopic (exact) mass is 397 g/mol. The molecule has 3 aromatic rings. The largest absolute Gasteiger partial charge is 0.497 e. The molecule has 3 N–H and O–H groups in total. The number of carbonyl (C=O) groups excluding carboxylic acids is 1. The topological polar surface area (TPSA) is 86.5 Å². The molecule has 146 valence electrons. The molecule has 1 aromatic carbocycles. The lowest BCUT2D eigenvalue weighted by atomic mass is 9.87. The first-order chi connectivity index (χ1) is 13.5. The number of methoxy groups -OCH3 is 2. The van der Waals surface area contributed by atoms with Crippen LogP contribution >= 0.6 is 11.3 Å². The van der Waals surface area contributed by atoms with E-state index in [2.05, 4.69) is 18.3 Å². The number of nitrogens with zero attached hydrogens (tertiary/aromatic N) is 1. The number of hydrogen-bond donors (Lipinski definition) is 2. The highest BCUT2D eigenvalue weighted by Gasteiger charge is 2.23. The van der Waals surface area contributed by atoms with E-state index < -0.39 is 0 Å².